The van der Waals surface area contributed by atoms with Crippen molar-refractivity contribution in [3.63, 3.8) is 0 Å². The molecule has 8 heteroatoms. The lowest BCUT2D eigenvalue weighted by Gasteiger charge is -2.05. The average molecular weight is 411 g/mol. The molecule has 1 amide bonds. The number of hydrogen-bond donors (Lipinski definition) is 1. The summed E-state index contributed by atoms with van der Waals surface area (Å²) >= 11 is 1.16. The summed E-state index contributed by atoms with van der Waals surface area (Å²) in [6, 6.07) is 12.7. The molecule has 0 saturated heterocycles. The van der Waals surface area contributed by atoms with Gasteiger partial charge in [0.2, 0.25) is 11.8 Å². The molecule has 0 radical (unpaired) electrons. The summed E-state index contributed by atoms with van der Waals surface area (Å²) in [6.45, 7) is 4.13. The van der Waals surface area contributed by atoms with Crippen LogP contribution >= 0.6 is 11.8 Å². The number of methoxy groups -OCH3 is 1. The highest BCUT2D eigenvalue weighted by molar-refractivity contribution is 7.99. The molecule has 0 aliphatic rings. The Morgan fingerprint density at radius 3 is 2.69 bits per heavy atom. The maximum Gasteiger partial charge on any atom is 0.337 e. The smallest absolute Gasteiger partial charge is 0.337 e. The Morgan fingerprint density at radius 1 is 1.10 bits per heavy atom. The van der Waals surface area contributed by atoms with Gasteiger partial charge in [0.25, 0.3) is 5.22 Å². The number of amides is 1. The second kappa shape index (κ2) is 9.38. The molecule has 1 N–H and O–H groups in total. The third kappa shape index (κ3) is 5.68. The number of aromatic nitrogens is 2. The van der Waals surface area contributed by atoms with Crippen molar-refractivity contribution in [1.82, 2.24) is 10.2 Å². The first kappa shape index (κ1) is 20.6. The third-order valence-corrected chi connectivity index (χ3v) is 5.09. The molecule has 1 aromatic heterocycles. The van der Waals surface area contributed by atoms with Gasteiger partial charge in [0.05, 0.1) is 24.8 Å². The Morgan fingerprint density at radius 2 is 1.93 bits per heavy atom. The molecule has 0 bridgehead atoms. The highest BCUT2D eigenvalue weighted by Gasteiger charge is 2.12. The van der Waals surface area contributed by atoms with Gasteiger partial charge in [-0.25, -0.2) is 4.79 Å². The predicted octanol–water partition coefficient (Wildman–Crippen LogP) is 3.79. The van der Waals surface area contributed by atoms with Crippen LogP contribution in [0.15, 0.2) is 52.1 Å². The van der Waals surface area contributed by atoms with E-state index >= 15 is 0 Å². The SMILES string of the molecule is COC(=O)c1cccc(NC(=O)CSc2nnc(Cc3ccc(C)c(C)c3)o2)c1. The summed E-state index contributed by atoms with van der Waals surface area (Å²) in [5.41, 5.74) is 4.42. The number of esters is 1. The molecule has 150 valence electrons. The van der Waals surface area contributed by atoms with Crippen molar-refractivity contribution in [3.8, 4) is 0 Å². The number of rotatable bonds is 7. The van der Waals surface area contributed by atoms with Crippen molar-refractivity contribution in [2.24, 2.45) is 0 Å². The van der Waals surface area contributed by atoms with Crippen LogP contribution < -0.4 is 5.32 Å². The van der Waals surface area contributed by atoms with Crippen LogP contribution in [0.5, 0.6) is 0 Å². The van der Waals surface area contributed by atoms with E-state index in [1.165, 1.54) is 18.2 Å². The topological polar surface area (TPSA) is 94.3 Å². The van der Waals surface area contributed by atoms with E-state index in [0.717, 1.165) is 17.3 Å². The van der Waals surface area contributed by atoms with E-state index in [-0.39, 0.29) is 11.7 Å². The van der Waals surface area contributed by atoms with Crippen LogP contribution in [0, 0.1) is 13.8 Å². The number of nitrogens with one attached hydrogen (secondary N) is 1. The number of aryl methyl sites for hydroxylation is 2. The number of anilines is 1. The fraction of sp³-hybridized carbons (Fsp3) is 0.238. The first-order valence-corrected chi connectivity index (χ1v) is 9.92. The van der Waals surface area contributed by atoms with Gasteiger partial charge in [0.1, 0.15) is 0 Å². The van der Waals surface area contributed by atoms with Crippen LogP contribution in [0.3, 0.4) is 0 Å². The first-order valence-electron chi connectivity index (χ1n) is 8.94. The van der Waals surface area contributed by atoms with E-state index in [1.54, 1.807) is 24.3 Å². The summed E-state index contributed by atoms with van der Waals surface area (Å²) in [6.07, 6.45) is 0.543. The summed E-state index contributed by atoms with van der Waals surface area (Å²) in [5, 5.41) is 11.1. The zero-order chi connectivity index (χ0) is 20.8. The number of benzene rings is 2. The summed E-state index contributed by atoms with van der Waals surface area (Å²) < 4.78 is 10.3. The Hall–Kier alpha value is -3.13. The Bertz CT molecular complexity index is 1030. The minimum absolute atomic E-state index is 0.105. The van der Waals surface area contributed by atoms with E-state index in [1.807, 2.05) is 6.07 Å². The minimum atomic E-state index is -0.461. The quantitative estimate of drug-likeness (QED) is 0.467. The minimum Gasteiger partial charge on any atom is -0.465 e. The zero-order valence-corrected chi connectivity index (χ0v) is 17.2. The maximum atomic E-state index is 12.2. The number of nitrogens with zero attached hydrogens (tertiary/aromatic N) is 2. The van der Waals surface area contributed by atoms with E-state index < -0.39 is 5.97 Å². The molecular weight excluding hydrogens is 390 g/mol. The normalized spacial score (nSPS) is 10.6. The van der Waals surface area contributed by atoms with Gasteiger partial charge in [-0.3, -0.25) is 4.79 Å². The van der Waals surface area contributed by atoms with E-state index in [2.05, 4.69) is 46.2 Å². The second-order valence-corrected chi connectivity index (χ2v) is 7.39. The average Bonchev–Trinajstić information content (AvgIpc) is 3.16. The molecular formula is C21H21N3O4S. The lowest BCUT2D eigenvalue weighted by molar-refractivity contribution is -0.113. The molecule has 0 unspecified atom stereocenters. The summed E-state index contributed by atoms with van der Waals surface area (Å²) in [7, 11) is 1.31. The van der Waals surface area contributed by atoms with Crippen molar-refractivity contribution < 1.29 is 18.7 Å². The van der Waals surface area contributed by atoms with Gasteiger partial charge in [-0.05, 0) is 48.7 Å². The first-order chi connectivity index (χ1) is 13.9. The Balaban J connectivity index is 1.53. The second-order valence-electron chi connectivity index (χ2n) is 6.47. The van der Waals surface area contributed by atoms with Crippen molar-refractivity contribution in [1.29, 1.82) is 0 Å². The molecule has 3 aromatic rings. The van der Waals surface area contributed by atoms with Gasteiger partial charge in [-0.15, -0.1) is 10.2 Å². The van der Waals surface area contributed by atoms with E-state index in [9.17, 15) is 9.59 Å². The van der Waals surface area contributed by atoms with Crippen LogP contribution in [-0.2, 0) is 16.0 Å². The predicted molar refractivity (Wildman–Crippen MR) is 110 cm³/mol. The summed E-state index contributed by atoms with van der Waals surface area (Å²) in [4.78, 5) is 23.7. The van der Waals surface area contributed by atoms with Crippen molar-refractivity contribution in [2.45, 2.75) is 25.5 Å². The number of carbonyl (C=O) groups excluding carboxylic acids is 2. The van der Waals surface area contributed by atoms with Gasteiger partial charge in [-0.1, -0.05) is 36.0 Å². The van der Waals surface area contributed by atoms with Gasteiger partial charge in [-0.2, -0.15) is 0 Å². The lowest BCUT2D eigenvalue weighted by Crippen LogP contribution is -2.14. The largest absolute Gasteiger partial charge is 0.465 e. The summed E-state index contributed by atoms with van der Waals surface area (Å²) in [5.74, 6) is -0.0984. The number of hydrogen-bond acceptors (Lipinski definition) is 7. The third-order valence-electron chi connectivity index (χ3n) is 4.27. The monoisotopic (exact) mass is 411 g/mol. The van der Waals surface area contributed by atoms with Gasteiger partial charge in [0.15, 0.2) is 0 Å². The fourth-order valence-corrected chi connectivity index (χ4v) is 3.20. The molecule has 0 aliphatic heterocycles. The Kier molecular flexibility index (Phi) is 6.66. The number of carbonyl (C=O) groups is 2. The molecule has 3 rings (SSSR count). The van der Waals surface area contributed by atoms with Crippen LogP contribution in [0.25, 0.3) is 0 Å². The van der Waals surface area contributed by atoms with Crippen molar-refractivity contribution in [2.75, 3.05) is 18.2 Å². The van der Waals surface area contributed by atoms with Crippen LogP contribution in [-0.4, -0.2) is 34.9 Å². The van der Waals surface area contributed by atoms with Crippen LogP contribution in [0.2, 0.25) is 0 Å². The molecule has 0 fully saturated rings. The molecule has 0 aliphatic carbocycles. The van der Waals surface area contributed by atoms with Crippen LogP contribution in [0.4, 0.5) is 5.69 Å². The van der Waals surface area contributed by atoms with Crippen LogP contribution in [0.1, 0.15) is 32.9 Å². The highest BCUT2D eigenvalue weighted by atomic mass is 32.2. The standard InChI is InChI=1S/C21H21N3O4S/c1-13-7-8-15(9-14(13)2)10-19-23-24-21(28-19)29-12-18(25)22-17-6-4-5-16(11-17)20(26)27-3/h4-9,11H,10,12H2,1-3H3,(H,22,25). The Labute approximate surface area is 172 Å². The molecule has 0 saturated carbocycles. The fourth-order valence-electron chi connectivity index (χ4n) is 2.62. The molecule has 29 heavy (non-hydrogen) atoms. The highest BCUT2D eigenvalue weighted by Crippen LogP contribution is 2.20. The molecule has 0 spiro atoms. The van der Waals surface area contributed by atoms with Gasteiger partial charge < -0.3 is 14.5 Å². The molecule has 1 heterocycles. The number of ether oxygens (including phenoxy) is 1. The number of thioether (sulfide) groups is 1. The van der Waals surface area contributed by atoms with Gasteiger partial charge >= 0.3 is 5.97 Å². The van der Waals surface area contributed by atoms with E-state index in [0.29, 0.717) is 28.8 Å². The zero-order valence-electron chi connectivity index (χ0n) is 16.4. The molecule has 2 aromatic carbocycles. The molecule has 7 nitrogen and oxygen atoms in total. The van der Waals surface area contributed by atoms with Crippen molar-refractivity contribution in [3.05, 3.63) is 70.6 Å². The van der Waals surface area contributed by atoms with E-state index in [4.69, 9.17) is 4.42 Å². The maximum absolute atomic E-state index is 12.2. The van der Waals surface area contributed by atoms with Crippen molar-refractivity contribution >= 4 is 29.3 Å². The van der Waals surface area contributed by atoms with Gasteiger partial charge in [0, 0.05) is 5.69 Å². The molecule has 0 atom stereocenters. The lowest BCUT2D eigenvalue weighted by atomic mass is 10.0.